The van der Waals surface area contributed by atoms with Crippen molar-refractivity contribution in [2.45, 2.75) is 32.6 Å². The fraction of sp³-hybridized carbons (Fsp3) is 0.929. The van der Waals surface area contributed by atoms with Gasteiger partial charge < -0.3 is 10.2 Å². The summed E-state index contributed by atoms with van der Waals surface area (Å²) in [5, 5.41) is 3.41. The molecule has 0 bridgehead atoms. The molecule has 1 N–H and O–H groups in total. The van der Waals surface area contributed by atoms with Crippen LogP contribution in [0.5, 0.6) is 0 Å². The van der Waals surface area contributed by atoms with E-state index in [0.29, 0.717) is 19.0 Å². The van der Waals surface area contributed by atoms with Crippen molar-refractivity contribution in [2.75, 3.05) is 46.5 Å². The van der Waals surface area contributed by atoms with Gasteiger partial charge in [-0.05, 0) is 25.2 Å². The Morgan fingerprint density at radius 1 is 1.36 bits per heavy atom. The summed E-state index contributed by atoms with van der Waals surface area (Å²) in [6.07, 6.45) is 5.44. The molecule has 0 radical (unpaired) electrons. The van der Waals surface area contributed by atoms with Gasteiger partial charge in [0.05, 0.1) is 6.26 Å². The molecule has 6 nitrogen and oxygen atoms in total. The molecular formula is C14H31IN4O2S. The molecular weight excluding hydrogens is 415 g/mol. The predicted molar refractivity (Wildman–Crippen MR) is 103 cm³/mol. The van der Waals surface area contributed by atoms with E-state index in [2.05, 4.69) is 29.2 Å². The van der Waals surface area contributed by atoms with Crippen LogP contribution in [0.15, 0.2) is 4.99 Å². The fourth-order valence-electron chi connectivity index (χ4n) is 2.57. The average molecular weight is 446 g/mol. The molecule has 1 heterocycles. The van der Waals surface area contributed by atoms with Crippen LogP contribution in [0.1, 0.15) is 32.6 Å². The minimum atomic E-state index is -3.03. The molecule has 0 aromatic heterocycles. The van der Waals surface area contributed by atoms with E-state index in [4.69, 9.17) is 0 Å². The first kappa shape index (κ1) is 21.9. The molecule has 8 heteroatoms. The molecule has 1 aliphatic rings. The fourth-order valence-corrected chi connectivity index (χ4v) is 3.44. The minimum Gasteiger partial charge on any atom is -0.356 e. The van der Waals surface area contributed by atoms with Crippen molar-refractivity contribution in [3.05, 3.63) is 0 Å². The maximum absolute atomic E-state index is 11.5. The van der Waals surface area contributed by atoms with Crippen molar-refractivity contribution in [1.29, 1.82) is 0 Å². The van der Waals surface area contributed by atoms with Crippen molar-refractivity contribution in [2.24, 2.45) is 10.9 Å². The molecule has 0 amide bonds. The second-order valence-corrected chi connectivity index (χ2v) is 7.79. The lowest BCUT2D eigenvalue weighted by Crippen LogP contribution is -2.44. The van der Waals surface area contributed by atoms with Crippen LogP contribution in [-0.2, 0) is 10.0 Å². The molecule has 1 rings (SSSR count). The summed E-state index contributed by atoms with van der Waals surface area (Å²) < 4.78 is 24.5. The first-order chi connectivity index (χ1) is 9.88. The minimum absolute atomic E-state index is 0. The van der Waals surface area contributed by atoms with Crippen LogP contribution in [-0.4, -0.2) is 70.1 Å². The van der Waals surface area contributed by atoms with Crippen molar-refractivity contribution >= 4 is 40.0 Å². The average Bonchev–Trinajstić information content (AvgIpc) is 2.45. The SMILES string of the molecule is CCCCN(C)C(=NC)NCC1CCN(S(C)(=O)=O)CC1.I. The topological polar surface area (TPSA) is 65.0 Å². The lowest BCUT2D eigenvalue weighted by atomic mass is 9.98. The van der Waals surface area contributed by atoms with Crippen LogP contribution in [0.25, 0.3) is 0 Å². The molecule has 1 aliphatic heterocycles. The maximum atomic E-state index is 11.5. The standard InChI is InChI=1S/C14H30N4O2S.HI/c1-5-6-9-17(3)14(15-2)16-12-13-7-10-18(11-8-13)21(4,19)20;/h13H,5-12H2,1-4H3,(H,15,16);1H. The maximum Gasteiger partial charge on any atom is 0.211 e. The normalized spacial score (nSPS) is 17.9. The molecule has 0 aliphatic carbocycles. The van der Waals surface area contributed by atoms with Gasteiger partial charge in [-0.2, -0.15) is 0 Å². The van der Waals surface area contributed by atoms with Gasteiger partial charge in [-0.15, -0.1) is 24.0 Å². The Kier molecular flexibility index (Phi) is 10.6. The second-order valence-electron chi connectivity index (χ2n) is 5.81. The van der Waals surface area contributed by atoms with Gasteiger partial charge in [0.25, 0.3) is 0 Å². The Morgan fingerprint density at radius 2 is 1.95 bits per heavy atom. The molecule has 0 saturated carbocycles. The number of unbranched alkanes of at least 4 members (excludes halogenated alkanes) is 1. The number of piperidine rings is 1. The zero-order chi connectivity index (χ0) is 15.9. The number of sulfonamides is 1. The van der Waals surface area contributed by atoms with Crippen molar-refractivity contribution in [3.63, 3.8) is 0 Å². The van der Waals surface area contributed by atoms with Gasteiger partial charge in [-0.1, -0.05) is 13.3 Å². The zero-order valence-corrected chi connectivity index (χ0v) is 17.4. The van der Waals surface area contributed by atoms with E-state index in [1.807, 2.05) is 0 Å². The lowest BCUT2D eigenvalue weighted by Gasteiger charge is -2.31. The van der Waals surface area contributed by atoms with Crippen molar-refractivity contribution < 1.29 is 8.42 Å². The lowest BCUT2D eigenvalue weighted by molar-refractivity contribution is 0.273. The third-order valence-corrected chi connectivity index (χ3v) is 5.32. The number of halogens is 1. The number of aliphatic imine (C=N–C) groups is 1. The molecule has 0 atom stereocenters. The molecule has 0 aromatic rings. The highest BCUT2D eigenvalue weighted by Gasteiger charge is 2.24. The Morgan fingerprint density at radius 3 is 2.41 bits per heavy atom. The summed E-state index contributed by atoms with van der Waals surface area (Å²) in [5.41, 5.74) is 0. The van der Waals surface area contributed by atoms with Gasteiger partial charge in [0.15, 0.2) is 5.96 Å². The van der Waals surface area contributed by atoms with E-state index in [0.717, 1.165) is 38.3 Å². The number of hydrogen-bond donors (Lipinski definition) is 1. The van der Waals surface area contributed by atoms with Crippen LogP contribution in [0.3, 0.4) is 0 Å². The summed E-state index contributed by atoms with van der Waals surface area (Å²) in [6.45, 7) is 5.31. The number of rotatable bonds is 6. The van der Waals surface area contributed by atoms with Gasteiger partial charge in [0, 0.05) is 40.3 Å². The summed E-state index contributed by atoms with van der Waals surface area (Å²) >= 11 is 0. The smallest absolute Gasteiger partial charge is 0.211 e. The monoisotopic (exact) mass is 446 g/mol. The van der Waals surface area contributed by atoms with Crippen LogP contribution in [0.4, 0.5) is 0 Å². The summed E-state index contributed by atoms with van der Waals surface area (Å²) in [4.78, 5) is 6.45. The quantitative estimate of drug-likeness (QED) is 0.382. The Labute approximate surface area is 152 Å². The van der Waals surface area contributed by atoms with E-state index >= 15 is 0 Å². The van der Waals surface area contributed by atoms with E-state index < -0.39 is 10.0 Å². The number of guanidine groups is 1. The molecule has 0 spiro atoms. The third kappa shape index (κ3) is 7.45. The first-order valence-corrected chi connectivity index (χ1v) is 9.60. The van der Waals surface area contributed by atoms with Crippen molar-refractivity contribution in [1.82, 2.24) is 14.5 Å². The van der Waals surface area contributed by atoms with Crippen LogP contribution in [0.2, 0.25) is 0 Å². The molecule has 0 unspecified atom stereocenters. The second kappa shape index (κ2) is 10.6. The van der Waals surface area contributed by atoms with Crippen LogP contribution >= 0.6 is 24.0 Å². The highest BCUT2D eigenvalue weighted by atomic mass is 127. The molecule has 1 saturated heterocycles. The van der Waals surface area contributed by atoms with E-state index in [1.54, 1.807) is 11.4 Å². The number of nitrogens with zero attached hydrogens (tertiary/aromatic N) is 3. The Hall–Kier alpha value is -0.0900. The van der Waals surface area contributed by atoms with Gasteiger partial charge >= 0.3 is 0 Å². The Balaban J connectivity index is 0.00000441. The number of nitrogens with one attached hydrogen (secondary N) is 1. The van der Waals surface area contributed by atoms with E-state index in [9.17, 15) is 8.42 Å². The zero-order valence-electron chi connectivity index (χ0n) is 14.2. The third-order valence-electron chi connectivity index (χ3n) is 4.01. The highest BCUT2D eigenvalue weighted by molar-refractivity contribution is 14.0. The van der Waals surface area contributed by atoms with Gasteiger partial charge in [0.1, 0.15) is 0 Å². The molecule has 1 fully saturated rings. The number of hydrogen-bond acceptors (Lipinski definition) is 3. The molecule has 22 heavy (non-hydrogen) atoms. The first-order valence-electron chi connectivity index (χ1n) is 7.75. The molecule has 0 aromatic carbocycles. The summed E-state index contributed by atoms with van der Waals surface area (Å²) in [5.74, 6) is 1.44. The summed E-state index contributed by atoms with van der Waals surface area (Å²) in [6, 6.07) is 0. The van der Waals surface area contributed by atoms with Crippen molar-refractivity contribution in [3.8, 4) is 0 Å². The Bertz CT molecular complexity index is 434. The highest BCUT2D eigenvalue weighted by Crippen LogP contribution is 2.18. The van der Waals surface area contributed by atoms with Gasteiger partial charge in [-0.3, -0.25) is 4.99 Å². The van der Waals surface area contributed by atoms with Crippen LogP contribution < -0.4 is 5.32 Å². The van der Waals surface area contributed by atoms with Gasteiger partial charge in [0.2, 0.25) is 10.0 Å². The van der Waals surface area contributed by atoms with E-state index in [1.165, 1.54) is 12.7 Å². The largest absolute Gasteiger partial charge is 0.356 e. The predicted octanol–water partition coefficient (Wildman–Crippen LogP) is 1.58. The van der Waals surface area contributed by atoms with Crippen LogP contribution in [0, 0.1) is 5.92 Å². The summed E-state index contributed by atoms with van der Waals surface area (Å²) in [7, 11) is 0.827. The molecule has 132 valence electrons. The van der Waals surface area contributed by atoms with E-state index in [-0.39, 0.29) is 24.0 Å². The van der Waals surface area contributed by atoms with Gasteiger partial charge in [-0.25, -0.2) is 12.7 Å².